The molecule has 6 heterocycles. The van der Waals surface area contributed by atoms with Crippen LogP contribution in [0.2, 0.25) is 0 Å². The summed E-state index contributed by atoms with van der Waals surface area (Å²) in [4.78, 5) is 67.9. The molecule has 0 bridgehead atoms. The summed E-state index contributed by atoms with van der Waals surface area (Å²) < 4.78 is 51.8. The smallest absolute Gasteiger partial charge is 0.324 e. The zero-order valence-electron chi connectivity index (χ0n) is 42.6. The number of hydrogen-bond acceptors (Lipinski definition) is 17. The maximum atomic E-state index is 15.6. The largest absolute Gasteiger partial charge is 0.458 e. The lowest BCUT2D eigenvalue weighted by atomic mass is 9.62. The van der Waals surface area contributed by atoms with Crippen LogP contribution in [0, 0.1) is 23.2 Å². The highest BCUT2D eigenvalue weighted by atomic mass is 16.7. The average Bonchev–Trinajstić information content (AvgIpc) is 3.76. The fraction of sp³-hybridized carbons (Fsp3) is 0.712. The third kappa shape index (κ3) is 10.1. The second kappa shape index (κ2) is 20.4. The summed E-state index contributed by atoms with van der Waals surface area (Å²) in [5.74, 6) is -5.47. The van der Waals surface area contributed by atoms with E-state index in [1.807, 2.05) is 74.2 Å². The van der Waals surface area contributed by atoms with Gasteiger partial charge in [-0.15, -0.1) is 0 Å². The zero-order valence-corrected chi connectivity index (χ0v) is 42.6. The molecule has 0 radical (unpaired) electrons. The van der Waals surface area contributed by atoms with Gasteiger partial charge in [-0.3, -0.25) is 29.1 Å². The van der Waals surface area contributed by atoms with Crippen molar-refractivity contribution < 1.29 is 67.3 Å². The van der Waals surface area contributed by atoms with Crippen molar-refractivity contribution in [2.45, 2.75) is 172 Å². The van der Waals surface area contributed by atoms with E-state index in [2.05, 4.69) is 4.98 Å². The minimum Gasteiger partial charge on any atom is -0.458 e. The molecule has 18 atom stereocenters. The first kappa shape index (κ1) is 53.1. The number of esters is 2. The van der Waals surface area contributed by atoms with Crippen LogP contribution in [0.15, 0.2) is 42.6 Å². The number of cyclic esters (lactones) is 1. The number of para-hydroxylation sites is 1. The highest BCUT2D eigenvalue weighted by Crippen LogP contribution is 2.56. The van der Waals surface area contributed by atoms with Crippen molar-refractivity contribution in [1.29, 1.82) is 0 Å². The molecule has 7 rings (SSSR count). The van der Waals surface area contributed by atoms with Crippen molar-refractivity contribution in [2.24, 2.45) is 23.2 Å². The molecular formula is C52H75N3O14. The van der Waals surface area contributed by atoms with Crippen molar-refractivity contribution in [3.63, 3.8) is 0 Å². The molecule has 69 heavy (non-hydrogen) atoms. The molecule has 0 amide bonds. The summed E-state index contributed by atoms with van der Waals surface area (Å²) in [7, 11) is 6.94. The maximum absolute atomic E-state index is 15.6. The fourth-order valence-corrected chi connectivity index (χ4v) is 12.1. The third-order valence-electron chi connectivity index (χ3n) is 15.9. The molecule has 5 aliphatic heterocycles. The Morgan fingerprint density at radius 2 is 1.67 bits per heavy atom. The van der Waals surface area contributed by atoms with Gasteiger partial charge in [0, 0.05) is 55.0 Å². The molecule has 17 heteroatoms. The van der Waals surface area contributed by atoms with Crippen LogP contribution in [0.1, 0.15) is 93.6 Å². The molecule has 2 N–H and O–H groups in total. The first-order chi connectivity index (χ1) is 32.4. The monoisotopic (exact) mass is 966 g/mol. The number of Topliss-reactive ketones (excluding diaryl/α,β-unsaturated/α-hetero) is 2. The van der Waals surface area contributed by atoms with Crippen LogP contribution in [0.3, 0.4) is 0 Å². The van der Waals surface area contributed by atoms with Crippen LogP contribution in [0.4, 0.5) is 0 Å². The van der Waals surface area contributed by atoms with Gasteiger partial charge in [-0.1, -0.05) is 51.1 Å². The number of benzene rings is 1. The highest BCUT2D eigenvalue weighted by molar-refractivity contribution is 6.01. The summed E-state index contributed by atoms with van der Waals surface area (Å²) in [6.07, 6.45) is -4.42. The van der Waals surface area contributed by atoms with E-state index < -0.39 is 125 Å². The molecule has 5 unspecified atom stereocenters. The van der Waals surface area contributed by atoms with Gasteiger partial charge in [0.1, 0.15) is 48.3 Å². The molecule has 17 nitrogen and oxygen atoms in total. The Kier molecular flexibility index (Phi) is 15.7. The minimum absolute atomic E-state index is 0.0440. The van der Waals surface area contributed by atoms with Crippen LogP contribution in [0.25, 0.3) is 17.0 Å². The predicted molar refractivity (Wildman–Crippen MR) is 253 cm³/mol. The van der Waals surface area contributed by atoms with Gasteiger partial charge in [0.2, 0.25) is 0 Å². The Hall–Kier alpha value is -3.75. The van der Waals surface area contributed by atoms with E-state index in [1.54, 1.807) is 60.9 Å². The van der Waals surface area contributed by atoms with Crippen molar-refractivity contribution in [3.8, 4) is 0 Å². The van der Waals surface area contributed by atoms with Gasteiger partial charge < -0.3 is 53.0 Å². The first-order valence-electron chi connectivity index (χ1n) is 24.5. The van der Waals surface area contributed by atoms with Gasteiger partial charge in [0.15, 0.2) is 24.0 Å². The number of aromatic nitrogens is 1. The van der Waals surface area contributed by atoms with Gasteiger partial charge in [0.25, 0.3) is 0 Å². The average molecular weight is 966 g/mol. The molecule has 0 aliphatic carbocycles. The van der Waals surface area contributed by atoms with E-state index in [0.717, 1.165) is 16.5 Å². The number of fused-ring (bicyclic) bond motifs is 1. The molecule has 1 aromatic carbocycles. The molecule has 1 aromatic heterocycles. The Labute approximate surface area is 406 Å². The summed E-state index contributed by atoms with van der Waals surface area (Å²) in [5.41, 5.74) is -3.84. The van der Waals surface area contributed by atoms with Crippen LogP contribution < -0.4 is 0 Å². The topological polar surface area (TPSA) is 202 Å². The number of nitrogens with zero attached hydrogens (tertiary/aromatic N) is 3. The molecule has 382 valence electrons. The summed E-state index contributed by atoms with van der Waals surface area (Å²) in [5, 5.41) is 24.2. The quantitative estimate of drug-likeness (QED) is 0.235. The number of aliphatic hydroxyl groups excluding tert-OH is 2. The lowest BCUT2D eigenvalue weighted by Gasteiger charge is -2.49. The maximum Gasteiger partial charge on any atom is 0.324 e. The second-order valence-electron chi connectivity index (χ2n) is 21.4. The molecule has 5 aliphatic rings. The lowest BCUT2D eigenvalue weighted by Crippen LogP contribution is -2.63. The Morgan fingerprint density at radius 3 is 2.35 bits per heavy atom. The molecule has 0 saturated carbocycles. The number of carbonyl (C=O) groups is 4. The molecular weight excluding hydrogens is 891 g/mol. The normalized spacial score (nSPS) is 42.7. The number of pyridine rings is 1. The SMILES string of the molecule is CC[C@@H]1OC(=O)[C@H](C)C(=O)[C@H](OC2C[C@@](C)(OC)C(O)[C@H](C)O2)[C@@H](O[C@@H]2O[C@H](C)C[C@H](N(C)C)[C@H]2O)[C@@](C)(OC/C=C/c2cnc3ccccc3c2)C[C@@H](C)C(=O)C2(C)CN(C)C3C(=O)O[C@@]1(C)C32. The van der Waals surface area contributed by atoms with Crippen LogP contribution in [-0.2, 0) is 57.1 Å². The van der Waals surface area contributed by atoms with Gasteiger partial charge in [-0.2, -0.15) is 0 Å². The number of carbonyl (C=O) groups excluding carboxylic acids is 4. The van der Waals surface area contributed by atoms with Gasteiger partial charge in [-0.05, 0) is 99.6 Å². The van der Waals surface area contributed by atoms with Crippen molar-refractivity contribution in [3.05, 3.63) is 48.2 Å². The van der Waals surface area contributed by atoms with E-state index in [4.69, 9.17) is 37.9 Å². The van der Waals surface area contributed by atoms with Gasteiger partial charge in [-0.25, -0.2) is 0 Å². The second-order valence-corrected chi connectivity index (χ2v) is 21.4. The zero-order chi connectivity index (χ0) is 50.5. The standard InChI is InChI=1S/C52H75N3O14/c1-14-36-52(9)42-38(47(61)69-52)55(12)27-49(42,6)43(58)28(2)24-51(8,63-21-17-18-32-23-33-19-15-16-20-34(33)53-26-32)45(68-48-40(57)35(54(10)11)22-29(3)64-48)41(39(56)30(4)46(60)66-36)67-37-25-50(7,62-13)44(59)31(5)65-37/h15-20,23,26,28-31,35-38,40-42,44-45,48,57,59H,14,21-22,24-25,27H2,1-13H3/b18-17+/t28-,29-,30-,31+,35+,36+,37?,38?,40-,41+,42?,44?,45-,48+,49?,50-,51+,52-/m1/s1. The number of ketones is 2. The van der Waals surface area contributed by atoms with E-state index >= 15 is 9.59 Å². The van der Waals surface area contributed by atoms with E-state index in [-0.39, 0.29) is 38.2 Å². The van der Waals surface area contributed by atoms with Crippen LogP contribution >= 0.6 is 0 Å². The number of aliphatic hydroxyl groups is 2. The van der Waals surface area contributed by atoms with Crippen LogP contribution in [0.5, 0.6) is 0 Å². The van der Waals surface area contributed by atoms with Gasteiger partial charge in [0.05, 0.1) is 35.5 Å². The first-order valence-corrected chi connectivity index (χ1v) is 24.5. The highest BCUT2D eigenvalue weighted by Gasteiger charge is 2.71. The molecule has 0 spiro atoms. The third-order valence-corrected chi connectivity index (χ3v) is 15.9. The predicted octanol–water partition coefficient (Wildman–Crippen LogP) is 4.51. The van der Waals surface area contributed by atoms with Gasteiger partial charge >= 0.3 is 11.9 Å². The Bertz CT molecular complexity index is 2240. The molecule has 5 fully saturated rings. The summed E-state index contributed by atoms with van der Waals surface area (Å²) >= 11 is 0. The Balaban J connectivity index is 1.39. The summed E-state index contributed by atoms with van der Waals surface area (Å²) in [6, 6.07) is 8.53. The van der Waals surface area contributed by atoms with Crippen LogP contribution in [-0.4, -0.2) is 174 Å². The number of likely N-dealkylation sites (N-methyl/N-ethyl adjacent to an activating group) is 2. The van der Waals surface area contributed by atoms with Crippen molar-refractivity contribution in [1.82, 2.24) is 14.8 Å². The minimum atomic E-state index is -1.72. The van der Waals surface area contributed by atoms with E-state index in [1.165, 1.54) is 14.0 Å². The van der Waals surface area contributed by atoms with Crippen molar-refractivity contribution in [2.75, 3.05) is 41.4 Å². The molecule has 5 saturated heterocycles. The number of rotatable bonds is 11. The number of ether oxygens (including phenoxy) is 8. The Morgan fingerprint density at radius 1 is 0.957 bits per heavy atom. The number of hydrogen-bond donors (Lipinski definition) is 2. The van der Waals surface area contributed by atoms with Crippen molar-refractivity contribution >= 4 is 40.5 Å². The fourth-order valence-electron chi connectivity index (χ4n) is 12.1. The number of methoxy groups -OCH3 is 1. The lowest BCUT2D eigenvalue weighted by molar-refractivity contribution is -0.328. The number of likely N-dealkylation sites (tertiary alicyclic amines) is 1. The van der Waals surface area contributed by atoms with E-state index in [0.29, 0.717) is 6.42 Å². The van der Waals surface area contributed by atoms with E-state index in [9.17, 15) is 19.8 Å². The molecule has 2 aromatic rings. The summed E-state index contributed by atoms with van der Waals surface area (Å²) in [6.45, 7) is 15.7.